The van der Waals surface area contributed by atoms with Gasteiger partial charge in [-0.1, -0.05) is 30.3 Å². The SMILES string of the molecule is CC(C)(C)OC(=O)NCCNC(CO)COCc1ccccc1. The number of amides is 1. The Kier molecular flexibility index (Phi) is 8.61. The molecule has 0 aliphatic rings. The third-order valence-electron chi connectivity index (χ3n) is 2.88. The van der Waals surface area contributed by atoms with Gasteiger partial charge in [0.2, 0.25) is 0 Å². The van der Waals surface area contributed by atoms with Crippen molar-refractivity contribution in [3.05, 3.63) is 35.9 Å². The second kappa shape index (κ2) is 10.2. The molecule has 23 heavy (non-hydrogen) atoms. The molecule has 0 spiro atoms. The Morgan fingerprint density at radius 2 is 1.91 bits per heavy atom. The molecule has 1 atom stereocenters. The van der Waals surface area contributed by atoms with Crippen molar-refractivity contribution in [2.45, 2.75) is 39.0 Å². The summed E-state index contributed by atoms with van der Waals surface area (Å²) in [5.74, 6) is 0. The molecule has 1 amide bonds. The molecule has 0 saturated carbocycles. The van der Waals surface area contributed by atoms with Gasteiger partial charge < -0.3 is 25.2 Å². The quantitative estimate of drug-likeness (QED) is 0.602. The Hall–Kier alpha value is -1.63. The van der Waals surface area contributed by atoms with Gasteiger partial charge in [-0.25, -0.2) is 4.79 Å². The lowest BCUT2D eigenvalue weighted by atomic mass is 10.2. The Morgan fingerprint density at radius 1 is 1.22 bits per heavy atom. The van der Waals surface area contributed by atoms with E-state index in [2.05, 4.69) is 10.6 Å². The van der Waals surface area contributed by atoms with Crippen molar-refractivity contribution in [3.63, 3.8) is 0 Å². The highest BCUT2D eigenvalue weighted by Crippen LogP contribution is 2.06. The third kappa shape index (κ3) is 9.89. The summed E-state index contributed by atoms with van der Waals surface area (Å²) in [7, 11) is 0. The summed E-state index contributed by atoms with van der Waals surface area (Å²) in [5, 5.41) is 15.1. The highest BCUT2D eigenvalue weighted by molar-refractivity contribution is 5.67. The number of aliphatic hydroxyl groups excluding tert-OH is 1. The average molecular weight is 324 g/mol. The first-order chi connectivity index (χ1) is 10.9. The molecule has 0 aliphatic heterocycles. The van der Waals surface area contributed by atoms with E-state index in [1.54, 1.807) is 0 Å². The Balaban J connectivity index is 2.13. The van der Waals surface area contributed by atoms with Gasteiger partial charge in [-0.3, -0.25) is 0 Å². The number of benzene rings is 1. The van der Waals surface area contributed by atoms with E-state index in [1.165, 1.54) is 0 Å². The highest BCUT2D eigenvalue weighted by Gasteiger charge is 2.15. The van der Waals surface area contributed by atoms with E-state index in [0.29, 0.717) is 26.3 Å². The van der Waals surface area contributed by atoms with Gasteiger partial charge in [-0.05, 0) is 26.3 Å². The first-order valence-corrected chi connectivity index (χ1v) is 7.83. The van der Waals surface area contributed by atoms with Crippen molar-refractivity contribution in [2.75, 3.05) is 26.3 Å². The maximum absolute atomic E-state index is 11.5. The molecule has 1 aromatic rings. The summed E-state index contributed by atoms with van der Waals surface area (Å²) in [5.41, 5.74) is 0.590. The van der Waals surface area contributed by atoms with Crippen molar-refractivity contribution in [2.24, 2.45) is 0 Å². The van der Waals surface area contributed by atoms with E-state index in [9.17, 15) is 9.90 Å². The van der Waals surface area contributed by atoms with Gasteiger partial charge in [0.25, 0.3) is 0 Å². The highest BCUT2D eigenvalue weighted by atomic mass is 16.6. The minimum Gasteiger partial charge on any atom is -0.444 e. The second-order valence-corrected chi connectivity index (χ2v) is 6.26. The van der Waals surface area contributed by atoms with Crippen LogP contribution in [0.3, 0.4) is 0 Å². The number of nitrogens with one attached hydrogen (secondary N) is 2. The van der Waals surface area contributed by atoms with Crippen LogP contribution in [0.5, 0.6) is 0 Å². The van der Waals surface area contributed by atoms with Crippen LogP contribution in [-0.4, -0.2) is 49.1 Å². The molecule has 0 saturated heterocycles. The normalized spacial score (nSPS) is 12.7. The monoisotopic (exact) mass is 324 g/mol. The Morgan fingerprint density at radius 3 is 2.52 bits per heavy atom. The number of alkyl carbamates (subject to hydrolysis) is 1. The molecule has 0 aliphatic carbocycles. The molecule has 1 aromatic carbocycles. The van der Waals surface area contributed by atoms with E-state index in [1.807, 2.05) is 51.1 Å². The number of ether oxygens (including phenoxy) is 2. The van der Waals surface area contributed by atoms with Gasteiger partial charge in [0.15, 0.2) is 0 Å². The molecule has 0 fully saturated rings. The zero-order valence-electron chi connectivity index (χ0n) is 14.2. The van der Waals surface area contributed by atoms with E-state index >= 15 is 0 Å². The third-order valence-corrected chi connectivity index (χ3v) is 2.88. The van der Waals surface area contributed by atoms with Crippen LogP contribution in [-0.2, 0) is 16.1 Å². The lowest BCUT2D eigenvalue weighted by Gasteiger charge is -2.20. The Labute approximate surface area is 138 Å². The topological polar surface area (TPSA) is 79.8 Å². The molecule has 1 rings (SSSR count). The average Bonchev–Trinajstić information content (AvgIpc) is 2.49. The molecule has 0 radical (unpaired) electrons. The summed E-state index contributed by atoms with van der Waals surface area (Å²) < 4.78 is 10.7. The molecule has 3 N–H and O–H groups in total. The number of rotatable bonds is 9. The fraction of sp³-hybridized carbons (Fsp3) is 0.588. The van der Waals surface area contributed by atoms with Crippen LogP contribution in [0.15, 0.2) is 30.3 Å². The van der Waals surface area contributed by atoms with Crippen molar-refractivity contribution in [3.8, 4) is 0 Å². The minimum absolute atomic E-state index is 0.0266. The van der Waals surface area contributed by atoms with Gasteiger partial charge in [-0.15, -0.1) is 0 Å². The van der Waals surface area contributed by atoms with Crippen LogP contribution < -0.4 is 10.6 Å². The maximum atomic E-state index is 11.5. The predicted octanol–water partition coefficient (Wildman–Crippen LogP) is 1.68. The number of carbonyl (C=O) groups excluding carboxylic acids is 1. The molecular formula is C17H28N2O4. The molecule has 0 bridgehead atoms. The van der Waals surface area contributed by atoms with Gasteiger partial charge in [-0.2, -0.15) is 0 Å². The number of hydrogen-bond acceptors (Lipinski definition) is 5. The number of aliphatic hydroxyl groups is 1. The zero-order valence-corrected chi connectivity index (χ0v) is 14.2. The fourth-order valence-electron chi connectivity index (χ4n) is 1.82. The molecule has 1 unspecified atom stereocenters. The van der Waals surface area contributed by atoms with E-state index in [4.69, 9.17) is 9.47 Å². The van der Waals surface area contributed by atoms with Gasteiger partial charge in [0.05, 0.1) is 25.9 Å². The molecule has 6 heteroatoms. The van der Waals surface area contributed by atoms with Crippen molar-refractivity contribution in [1.29, 1.82) is 0 Å². The van der Waals surface area contributed by atoms with Crippen LogP contribution in [0.1, 0.15) is 26.3 Å². The van der Waals surface area contributed by atoms with Crippen LogP contribution in [0.25, 0.3) is 0 Å². The van der Waals surface area contributed by atoms with Gasteiger partial charge >= 0.3 is 6.09 Å². The fourth-order valence-corrected chi connectivity index (χ4v) is 1.82. The summed E-state index contributed by atoms with van der Waals surface area (Å²) in [6, 6.07) is 9.70. The lowest BCUT2D eigenvalue weighted by Crippen LogP contribution is -2.42. The van der Waals surface area contributed by atoms with Crippen LogP contribution in [0.4, 0.5) is 4.79 Å². The smallest absolute Gasteiger partial charge is 0.407 e. The van der Waals surface area contributed by atoms with Crippen LogP contribution >= 0.6 is 0 Å². The zero-order chi connectivity index (χ0) is 17.1. The Bertz CT molecular complexity index is 446. The summed E-state index contributed by atoms with van der Waals surface area (Å²) in [6.45, 7) is 7.28. The minimum atomic E-state index is -0.504. The number of hydrogen-bond donors (Lipinski definition) is 3. The summed E-state index contributed by atoms with van der Waals surface area (Å²) in [4.78, 5) is 11.5. The van der Waals surface area contributed by atoms with Crippen LogP contribution in [0.2, 0.25) is 0 Å². The van der Waals surface area contributed by atoms with Crippen molar-refractivity contribution in [1.82, 2.24) is 10.6 Å². The van der Waals surface area contributed by atoms with Crippen molar-refractivity contribution >= 4 is 6.09 Å². The summed E-state index contributed by atoms with van der Waals surface area (Å²) in [6.07, 6.45) is -0.444. The van der Waals surface area contributed by atoms with E-state index < -0.39 is 11.7 Å². The van der Waals surface area contributed by atoms with E-state index in [-0.39, 0.29) is 12.6 Å². The van der Waals surface area contributed by atoms with Crippen molar-refractivity contribution < 1.29 is 19.4 Å². The molecule has 6 nitrogen and oxygen atoms in total. The largest absolute Gasteiger partial charge is 0.444 e. The second-order valence-electron chi connectivity index (χ2n) is 6.26. The predicted molar refractivity (Wildman–Crippen MR) is 89.2 cm³/mol. The first kappa shape index (κ1) is 19.4. The van der Waals surface area contributed by atoms with Gasteiger partial charge in [0.1, 0.15) is 5.60 Å². The van der Waals surface area contributed by atoms with Crippen LogP contribution in [0, 0.1) is 0 Å². The molecular weight excluding hydrogens is 296 g/mol. The number of carbonyl (C=O) groups is 1. The first-order valence-electron chi connectivity index (χ1n) is 7.83. The molecule has 0 aromatic heterocycles. The molecule has 0 heterocycles. The van der Waals surface area contributed by atoms with Gasteiger partial charge in [0, 0.05) is 13.1 Å². The standard InChI is InChI=1S/C17H28N2O4/c1-17(2,3)23-16(21)19-10-9-18-15(11-20)13-22-12-14-7-5-4-6-8-14/h4-8,15,18,20H,9-13H2,1-3H3,(H,19,21). The van der Waals surface area contributed by atoms with E-state index in [0.717, 1.165) is 5.56 Å². The molecule has 130 valence electrons. The lowest BCUT2D eigenvalue weighted by molar-refractivity contribution is 0.0524. The maximum Gasteiger partial charge on any atom is 0.407 e. The summed E-state index contributed by atoms with van der Waals surface area (Å²) >= 11 is 0.